The number of carbonyl (C=O) groups excluding carboxylic acids is 1. The average Bonchev–Trinajstić information content (AvgIpc) is 3.09. The van der Waals surface area contributed by atoms with Crippen molar-refractivity contribution in [2.45, 2.75) is 25.4 Å². The highest BCUT2D eigenvalue weighted by Gasteiger charge is 2.26. The Morgan fingerprint density at radius 1 is 1.09 bits per heavy atom. The fourth-order valence-corrected chi connectivity index (χ4v) is 5.27. The number of hydrogen-bond acceptors (Lipinski definition) is 11. The number of nitrogens with one attached hydrogen (secondary N) is 2. The number of nitrogens with zero attached hydrogens (tertiary/aromatic N) is 6. The minimum atomic E-state index is -0.705. The second-order valence-electron chi connectivity index (χ2n) is 10.5. The molecule has 4 N–H and O–H groups in total. The van der Waals surface area contributed by atoms with Gasteiger partial charge in [-0.05, 0) is 54.3 Å². The standard InChI is InChI=1S/C33H29FN8O4/c1-46-29-5-4-21(13-28(29)43)26-19-40-33(25(15-36)32(26)22-2-3-23(14-35)27(34)12-22)42-10-8-24(9-11-42)37-16-20-17-38-30(39-18-20)6-7-31(44)41-45/h2-7,12-13,17-19,24,37,43,45H,8-11,16H2,1H3,(H,41,44)/b7-6+. The van der Waals surface area contributed by atoms with Crippen LogP contribution in [-0.2, 0) is 11.3 Å². The second kappa shape index (κ2) is 14.3. The lowest BCUT2D eigenvalue weighted by molar-refractivity contribution is -0.124. The molecule has 1 fully saturated rings. The molecule has 1 aliphatic rings. The van der Waals surface area contributed by atoms with Gasteiger partial charge in [-0.15, -0.1) is 0 Å². The molecule has 2 aromatic carbocycles. The predicted octanol–water partition coefficient (Wildman–Crippen LogP) is 4.08. The van der Waals surface area contributed by atoms with Crippen LogP contribution in [0.1, 0.15) is 35.4 Å². The summed E-state index contributed by atoms with van der Waals surface area (Å²) in [4.78, 5) is 26.3. The van der Waals surface area contributed by atoms with Crippen molar-refractivity contribution in [3.05, 3.63) is 89.4 Å². The number of halogens is 1. The molecule has 0 aliphatic carbocycles. The van der Waals surface area contributed by atoms with Gasteiger partial charge in [-0.3, -0.25) is 10.0 Å². The minimum absolute atomic E-state index is 0.0967. The smallest absolute Gasteiger partial charge is 0.267 e. The van der Waals surface area contributed by atoms with E-state index in [2.05, 4.69) is 26.3 Å². The summed E-state index contributed by atoms with van der Waals surface area (Å²) in [7, 11) is 1.44. The van der Waals surface area contributed by atoms with Gasteiger partial charge in [0.2, 0.25) is 0 Å². The summed E-state index contributed by atoms with van der Waals surface area (Å²) in [5, 5.41) is 42.2. The van der Waals surface area contributed by atoms with Crippen LogP contribution in [0.3, 0.4) is 0 Å². The highest BCUT2D eigenvalue weighted by Crippen LogP contribution is 2.41. The van der Waals surface area contributed by atoms with Gasteiger partial charge in [0, 0.05) is 67.0 Å². The second-order valence-corrected chi connectivity index (χ2v) is 10.5. The topological polar surface area (TPSA) is 180 Å². The zero-order chi connectivity index (χ0) is 32.6. The number of hydroxylamine groups is 1. The summed E-state index contributed by atoms with van der Waals surface area (Å²) in [6.45, 7) is 1.75. The molecule has 232 valence electrons. The molecule has 0 bridgehead atoms. The van der Waals surface area contributed by atoms with Crippen molar-refractivity contribution in [3.8, 4) is 45.9 Å². The number of phenols is 1. The van der Waals surface area contributed by atoms with Crippen LogP contribution in [0.4, 0.5) is 10.2 Å². The average molecular weight is 621 g/mol. The molecular formula is C33H29FN8O4. The number of hydrogen-bond donors (Lipinski definition) is 4. The number of pyridine rings is 1. The summed E-state index contributed by atoms with van der Waals surface area (Å²) in [6, 6.07) is 13.3. The zero-order valence-electron chi connectivity index (χ0n) is 24.7. The van der Waals surface area contributed by atoms with E-state index in [1.165, 1.54) is 36.9 Å². The molecule has 0 atom stereocenters. The Bertz CT molecular complexity index is 1860. The quantitative estimate of drug-likeness (QED) is 0.120. The number of methoxy groups -OCH3 is 1. The van der Waals surface area contributed by atoms with Crippen LogP contribution in [0.15, 0.2) is 61.1 Å². The summed E-state index contributed by atoms with van der Waals surface area (Å²) in [6.07, 6.45) is 8.97. The maximum absolute atomic E-state index is 14.8. The monoisotopic (exact) mass is 620 g/mol. The number of ether oxygens (including phenoxy) is 1. The van der Waals surface area contributed by atoms with Crippen molar-refractivity contribution in [2.75, 3.05) is 25.1 Å². The van der Waals surface area contributed by atoms with E-state index in [4.69, 9.17) is 9.94 Å². The molecule has 1 saturated heterocycles. The third-order valence-electron chi connectivity index (χ3n) is 7.65. The Balaban J connectivity index is 1.36. The lowest BCUT2D eigenvalue weighted by atomic mass is 9.91. The Kier molecular flexibility index (Phi) is 9.78. The number of piperidine rings is 1. The number of anilines is 1. The van der Waals surface area contributed by atoms with E-state index in [0.717, 1.165) is 24.5 Å². The first-order valence-electron chi connectivity index (χ1n) is 14.3. The number of benzene rings is 2. The third-order valence-corrected chi connectivity index (χ3v) is 7.65. The van der Waals surface area contributed by atoms with Crippen LogP contribution in [0.5, 0.6) is 11.5 Å². The van der Waals surface area contributed by atoms with E-state index >= 15 is 0 Å². The van der Waals surface area contributed by atoms with Gasteiger partial charge in [-0.1, -0.05) is 12.1 Å². The van der Waals surface area contributed by atoms with E-state index in [1.807, 2.05) is 11.0 Å². The first-order chi connectivity index (χ1) is 22.3. The number of nitriles is 2. The fourth-order valence-electron chi connectivity index (χ4n) is 5.27. The molecule has 0 unspecified atom stereocenters. The molecule has 0 saturated carbocycles. The van der Waals surface area contributed by atoms with Gasteiger partial charge in [-0.2, -0.15) is 10.5 Å². The summed E-state index contributed by atoms with van der Waals surface area (Å²) in [5.41, 5.74) is 4.42. The highest BCUT2D eigenvalue weighted by atomic mass is 19.1. The Morgan fingerprint density at radius 2 is 1.83 bits per heavy atom. The van der Waals surface area contributed by atoms with Crippen molar-refractivity contribution < 1.29 is 24.2 Å². The van der Waals surface area contributed by atoms with Crippen molar-refractivity contribution in [3.63, 3.8) is 0 Å². The highest BCUT2D eigenvalue weighted by molar-refractivity contribution is 5.91. The van der Waals surface area contributed by atoms with Crippen LogP contribution in [0, 0.1) is 28.5 Å². The first kappa shape index (κ1) is 31.5. The first-order valence-corrected chi connectivity index (χ1v) is 14.3. The number of amides is 1. The lowest BCUT2D eigenvalue weighted by Gasteiger charge is -2.34. The van der Waals surface area contributed by atoms with E-state index in [1.54, 1.807) is 36.8 Å². The molecular weight excluding hydrogens is 591 g/mol. The number of carbonyl (C=O) groups is 1. The minimum Gasteiger partial charge on any atom is -0.504 e. The lowest BCUT2D eigenvalue weighted by Crippen LogP contribution is -2.43. The summed E-state index contributed by atoms with van der Waals surface area (Å²) < 4.78 is 20.0. The van der Waals surface area contributed by atoms with Crippen molar-refractivity contribution in [1.82, 2.24) is 25.7 Å². The van der Waals surface area contributed by atoms with Crippen molar-refractivity contribution in [1.29, 1.82) is 10.5 Å². The molecule has 0 radical (unpaired) electrons. The number of aromatic hydroxyl groups is 1. The molecule has 46 heavy (non-hydrogen) atoms. The molecule has 1 amide bonds. The van der Waals surface area contributed by atoms with Crippen molar-refractivity contribution >= 4 is 17.8 Å². The molecule has 1 aliphatic heterocycles. The zero-order valence-corrected chi connectivity index (χ0v) is 24.7. The molecule has 2 aromatic heterocycles. The van der Waals surface area contributed by atoms with Crippen LogP contribution < -0.4 is 20.4 Å². The Hall–Kier alpha value is -5.89. The molecule has 5 rings (SSSR count). The van der Waals surface area contributed by atoms with Gasteiger partial charge in [-0.25, -0.2) is 24.8 Å². The van der Waals surface area contributed by atoms with Gasteiger partial charge in [0.25, 0.3) is 5.91 Å². The number of rotatable bonds is 9. The van der Waals surface area contributed by atoms with E-state index in [-0.39, 0.29) is 28.7 Å². The summed E-state index contributed by atoms with van der Waals surface area (Å²) in [5.74, 6) is -0.398. The Morgan fingerprint density at radius 3 is 2.46 bits per heavy atom. The predicted molar refractivity (Wildman–Crippen MR) is 166 cm³/mol. The van der Waals surface area contributed by atoms with Crippen molar-refractivity contribution in [2.24, 2.45) is 0 Å². The fraction of sp³-hybridized carbons (Fsp3) is 0.212. The van der Waals surface area contributed by atoms with E-state index in [9.17, 15) is 24.8 Å². The van der Waals surface area contributed by atoms with Gasteiger partial charge in [0.05, 0.1) is 12.7 Å². The summed E-state index contributed by atoms with van der Waals surface area (Å²) >= 11 is 0. The number of phenolic OH excluding ortho intramolecular Hbond substituents is 1. The van der Waals surface area contributed by atoms with Gasteiger partial charge in [0.15, 0.2) is 17.3 Å². The molecule has 12 nitrogen and oxygen atoms in total. The van der Waals surface area contributed by atoms with E-state index < -0.39 is 11.7 Å². The number of aromatic nitrogens is 3. The molecule has 3 heterocycles. The van der Waals surface area contributed by atoms with Gasteiger partial charge < -0.3 is 20.1 Å². The Labute approximate surface area is 264 Å². The van der Waals surface area contributed by atoms with Crippen LogP contribution in [0.25, 0.3) is 28.3 Å². The van der Waals surface area contributed by atoms with Crippen LogP contribution >= 0.6 is 0 Å². The normalized spacial score (nSPS) is 13.3. The van der Waals surface area contributed by atoms with E-state index in [0.29, 0.717) is 53.5 Å². The SMILES string of the molecule is COc1ccc(-c2cnc(N3CCC(NCc4cnc(/C=C/C(=O)NO)nc4)CC3)c(C#N)c2-c2ccc(C#N)c(F)c2)cc1O. The van der Waals surface area contributed by atoms with Gasteiger partial charge >= 0.3 is 0 Å². The molecule has 4 aromatic rings. The maximum atomic E-state index is 14.8. The molecule has 0 spiro atoms. The third kappa shape index (κ3) is 6.92. The van der Waals surface area contributed by atoms with Crippen LogP contribution in [0.2, 0.25) is 0 Å². The van der Waals surface area contributed by atoms with Gasteiger partial charge in [0.1, 0.15) is 29.3 Å². The molecule has 13 heteroatoms. The van der Waals surface area contributed by atoms with Crippen LogP contribution in [-0.4, -0.2) is 57.4 Å². The maximum Gasteiger partial charge on any atom is 0.267 e. The largest absolute Gasteiger partial charge is 0.504 e.